The van der Waals surface area contributed by atoms with Gasteiger partial charge < -0.3 is 10.5 Å². The minimum absolute atomic E-state index is 0.0534. The molecule has 0 aliphatic rings. The Labute approximate surface area is 97.1 Å². The fraction of sp³-hybridized carbons (Fsp3) is 0.909. The highest BCUT2D eigenvalue weighted by molar-refractivity contribution is 7.99. The second-order valence-electron chi connectivity index (χ2n) is 3.98. The fourth-order valence-electron chi connectivity index (χ4n) is 0.879. The molecule has 0 aromatic carbocycles. The lowest BCUT2D eigenvalue weighted by Gasteiger charge is -2.19. The Balaban J connectivity index is 3.78. The third kappa shape index (κ3) is 6.79. The minimum Gasteiger partial charge on any atom is -0.461 e. The van der Waals surface area contributed by atoms with Crippen molar-refractivity contribution in [3.63, 3.8) is 0 Å². The van der Waals surface area contributed by atoms with E-state index in [1.807, 2.05) is 20.8 Å². The smallest absolute Gasteiger partial charge is 0.323 e. The van der Waals surface area contributed by atoms with Crippen LogP contribution in [0.1, 0.15) is 34.1 Å². The average molecular weight is 233 g/mol. The number of hydrogen-bond donors (Lipinski definition) is 1. The van der Waals surface area contributed by atoms with E-state index in [1.165, 1.54) is 0 Å². The zero-order chi connectivity index (χ0) is 11.8. The van der Waals surface area contributed by atoms with Gasteiger partial charge in [-0.15, -0.1) is 0 Å². The van der Waals surface area contributed by atoms with E-state index >= 15 is 0 Å². The molecule has 0 aromatic rings. The van der Waals surface area contributed by atoms with Gasteiger partial charge in [-0.25, -0.2) is 0 Å². The van der Waals surface area contributed by atoms with Crippen LogP contribution in [-0.4, -0.2) is 29.6 Å². The van der Waals surface area contributed by atoms with Gasteiger partial charge in [-0.1, -0.05) is 20.8 Å². The molecule has 3 nitrogen and oxygen atoms in total. The van der Waals surface area contributed by atoms with Crippen LogP contribution < -0.4 is 5.73 Å². The summed E-state index contributed by atoms with van der Waals surface area (Å²) >= 11 is 1.79. The first-order valence-corrected chi connectivity index (χ1v) is 6.68. The van der Waals surface area contributed by atoms with Gasteiger partial charge >= 0.3 is 5.97 Å². The van der Waals surface area contributed by atoms with Gasteiger partial charge in [0, 0.05) is 0 Å². The highest BCUT2D eigenvalue weighted by atomic mass is 32.2. The van der Waals surface area contributed by atoms with Crippen LogP contribution in [0.25, 0.3) is 0 Å². The lowest BCUT2D eigenvalue weighted by atomic mass is 10.1. The maximum atomic E-state index is 11.5. The van der Waals surface area contributed by atoms with E-state index in [2.05, 4.69) is 6.92 Å². The van der Waals surface area contributed by atoms with Gasteiger partial charge in [0.1, 0.15) is 12.1 Å². The molecule has 0 heterocycles. The van der Waals surface area contributed by atoms with Crippen LogP contribution >= 0.6 is 11.8 Å². The van der Waals surface area contributed by atoms with E-state index in [1.54, 1.807) is 11.8 Å². The largest absolute Gasteiger partial charge is 0.461 e. The standard InChI is InChI=1S/C11H23NO2S/c1-5-15-7-6-10(12)11(13)14-9(4)8(2)3/h8-10H,5-7,12H2,1-4H3/t9-,10-/m0/s1. The van der Waals surface area contributed by atoms with Crippen molar-refractivity contribution in [2.75, 3.05) is 11.5 Å². The number of thioether (sulfide) groups is 1. The quantitative estimate of drug-likeness (QED) is 0.540. The molecule has 2 atom stereocenters. The Kier molecular flexibility index (Phi) is 7.88. The predicted octanol–water partition coefficient (Wildman–Crippen LogP) is 2.04. The van der Waals surface area contributed by atoms with Gasteiger partial charge in [-0.05, 0) is 30.8 Å². The van der Waals surface area contributed by atoms with Crippen LogP contribution in [-0.2, 0) is 9.53 Å². The van der Waals surface area contributed by atoms with Crippen molar-refractivity contribution in [2.24, 2.45) is 11.7 Å². The lowest BCUT2D eigenvalue weighted by Crippen LogP contribution is -2.36. The summed E-state index contributed by atoms with van der Waals surface area (Å²) in [4.78, 5) is 11.5. The van der Waals surface area contributed by atoms with Crippen molar-refractivity contribution >= 4 is 17.7 Å². The van der Waals surface area contributed by atoms with Crippen LogP contribution in [0.5, 0.6) is 0 Å². The molecule has 90 valence electrons. The van der Waals surface area contributed by atoms with Gasteiger partial charge in [0.25, 0.3) is 0 Å². The van der Waals surface area contributed by atoms with Crippen molar-refractivity contribution in [3.05, 3.63) is 0 Å². The summed E-state index contributed by atoms with van der Waals surface area (Å²) in [6, 6.07) is -0.467. The molecule has 0 saturated heterocycles. The predicted molar refractivity (Wildman–Crippen MR) is 66.0 cm³/mol. The number of ether oxygens (including phenoxy) is 1. The molecule has 0 radical (unpaired) electrons. The molecule has 15 heavy (non-hydrogen) atoms. The van der Waals surface area contributed by atoms with E-state index in [0.29, 0.717) is 12.3 Å². The molecule has 0 aliphatic heterocycles. The van der Waals surface area contributed by atoms with Crippen molar-refractivity contribution < 1.29 is 9.53 Å². The highest BCUT2D eigenvalue weighted by Crippen LogP contribution is 2.08. The van der Waals surface area contributed by atoms with Crippen LogP contribution in [0.15, 0.2) is 0 Å². The molecule has 0 spiro atoms. The van der Waals surface area contributed by atoms with Crippen molar-refractivity contribution in [1.82, 2.24) is 0 Å². The minimum atomic E-state index is -0.467. The van der Waals surface area contributed by atoms with Crippen molar-refractivity contribution in [1.29, 1.82) is 0 Å². The summed E-state index contributed by atoms with van der Waals surface area (Å²) in [5.74, 6) is 2.05. The fourth-order valence-corrected chi connectivity index (χ4v) is 1.59. The van der Waals surface area contributed by atoms with Gasteiger partial charge in [0.2, 0.25) is 0 Å². The molecule has 0 unspecified atom stereocenters. The number of nitrogens with two attached hydrogens (primary N) is 1. The number of hydrogen-bond acceptors (Lipinski definition) is 4. The second kappa shape index (κ2) is 7.99. The third-order valence-corrected chi connectivity index (χ3v) is 3.25. The molecule has 0 aliphatic carbocycles. The number of rotatable bonds is 7. The van der Waals surface area contributed by atoms with E-state index in [0.717, 1.165) is 11.5 Å². The zero-order valence-corrected chi connectivity index (χ0v) is 11.0. The van der Waals surface area contributed by atoms with Crippen LogP contribution in [0.2, 0.25) is 0 Å². The van der Waals surface area contributed by atoms with Crippen molar-refractivity contribution in [2.45, 2.75) is 46.3 Å². The maximum Gasteiger partial charge on any atom is 0.323 e. The first kappa shape index (κ1) is 14.8. The van der Waals surface area contributed by atoms with Gasteiger partial charge in [0.15, 0.2) is 0 Å². The molecule has 0 amide bonds. The molecule has 0 aromatic heterocycles. The molecule has 0 bridgehead atoms. The summed E-state index contributed by atoms with van der Waals surface area (Å²) in [6.07, 6.45) is 0.643. The number of esters is 1. The molecular weight excluding hydrogens is 210 g/mol. The lowest BCUT2D eigenvalue weighted by molar-refractivity contribution is -0.151. The average Bonchev–Trinajstić information content (AvgIpc) is 2.17. The summed E-state index contributed by atoms with van der Waals surface area (Å²) in [5, 5.41) is 0. The molecule has 0 rings (SSSR count). The topological polar surface area (TPSA) is 52.3 Å². The summed E-state index contributed by atoms with van der Waals surface area (Å²) < 4.78 is 5.23. The van der Waals surface area contributed by atoms with E-state index in [4.69, 9.17) is 10.5 Å². The van der Waals surface area contributed by atoms with E-state index < -0.39 is 6.04 Å². The summed E-state index contributed by atoms with van der Waals surface area (Å²) in [7, 11) is 0. The Morgan fingerprint density at radius 3 is 2.47 bits per heavy atom. The molecule has 4 heteroatoms. The normalized spacial score (nSPS) is 15.1. The Morgan fingerprint density at radius 2 is 2.00 bits per heavy atom. The van der Waals surface area contributed by atoms with Crippen LogP contribution in [0.3, 0.4) is 0 Å². The van der Waals surface area contributed by atoms with Crippen LogP contribution in [0, 0.1) is 5.92 Å². The van der Waals surface area contributed by atoms with Crippen molar-refractivity contribution in [3.8, 4) is 0 Å². The van der Waals surface area contributed by atoms with E-state index in [-0.39, 0.29) is 12.1 Å². The number of carbonyl (C=O) groups excluding carboxylic acids is 1. The molecule has 0 fully saturated rings. The third-order valence-electron chi connectivity index (χ3n) is 2.32. The molecule has 0 saturated carbocycles. The van der Waals surface area contributed by atoms with Gasteiger partial charge in [-0.3, -0.25) is 4.79 Å². The Bertz CT molecular complexity index is 185. The Hall–Kier alpha value is -0.220. The molecular formula is C11H23NO2S. The monoisotopic (exact) mass is 233 g/mol. The van der Waals surface area contributed by atoms with Crippen LogP contribution in [0.4, 0.5) is 0 Å². The molecule has 2 N–H and O–H groups in total. The number of carbonyl (C=O) groups is 1. The maximum absolute atomic E-state index is 11.5. The van der Waals surface area contributed by atoms with Gasteiger partial charge in [-0.2, -0.15) is 11.8 Å². The van der Waals surface area contributed by atoms with Gasteiger partial charge in [0.05, 0.1) is 0 Å². The second-order valence-corrected chi connectivity index (χ2v) is 5.37. The summed E-state index contributed by atoms with van der Waals surface area (Å²) in [6.45, 7) is 8.04. The zero-order valence-electron chi connectivity index (χ0n) is 10.2. The first-order chi connectivity index (χ1) is 6.99. The first-order valence-electron chi connectivity index (χ1n) is 5.52. The highest BCUT2D eigenvalue weighted by Gasteiger charge is 2.18. The SMILES string of the molecule is CCSCC[C@H](N)C(=O)O[C@@H](C)C(C)C. The summed E-state index contributed by atoms with van der Waals surface area (Å²) in [5.41, 5.74) is 5.72. The van der Waals surface area contributed by atoms with E-state index in [9.17, 15) is 4.79 Å². The Morgan fingerprint density at radius 1 is 1.40 bits per heavy atom.